The van der Waals surface area contributed by atoms with Crippen molar-refractivity contribution >= 4 is 5.91 Å². The van der Waals surface area contributed by atoms with Gasteiger partial charge >= 0.3 is 0 Å². The highest BCUT2D eigenvalue weighted by Gasteiger charge is 2.14. The number of pyridine rings is 2. The first kappa shape index (κ1) is 17.3. The number of carbonyl (C=O) groups is 1. The van der Waals surface area contributed by atoms with Crippen LogP contribution in [-0.4, -0.2) is 23.0 Å². The topological polar surface area (TPSA) is 84.1 Å². The lowest BCUT2D eigenvalue weighted by Gasteiger charge is -2.13. The van der Waals surface area contributed by atoms with Gasteiger partial charge in [0.2, 0.25) is 5.56 Å². The molecule has 0 atom stereocenters. The largest absolute Gasteiger partial charge is 0.497 e. The van der Waals surface area contributed by atoms with Crippen molar-refractivity contribution in [1.82, 2.24) is 15.3 Å². The maximum Gasteiger partial charge on any atom is 0.253 e. The zero-order chi connectivity index (χ0) is 18.5. The fourth-order valence-corrected chi connectivity index (χ4v) is 2.47. The first-order valence-electron chi connectivity index (χ1n) is 7.83. The Morgan fingerprint density at radius 3 is 2.81 bits per heavy atom. The number of benzene rings is 1. The van der Waals surface area contributed by atoms with Gasteiger partial charge in [-0.1, -0.05) is 6.07 Å². The predicted octanol–water partition coefficient (Wildman–Crippen LogP) is 2.51. The van der Waals surface area contributed by atoms with Crippen LogP contribution >= 0.6 is 0 Å². The number of hydrogen-bond acceptors (Lipinski definition) is 4. The van der Waals surface area contributed by atoms with E-state index in [-0.39, 0.29) is 23.7 Å². The number of hydrogen-bond donors (Lipinski definition) is 2. The molecule has 0 aliphatic rings. The SMILES string of the molecule is COc1ccc(CNC(=O)c2ccc(=O)[nH]c2)c(-c2ncccc2F)c1. The molecule has 0 aliphatic carbocycles. The number of rotatable bonds is 5. The van der Waals surface area contributed by atoms with E-state index in [1.54, 1.807) is 18.2 Å². The van der Waals surface area contributed by atoms with E-state index in [2.05, 4.69) is 15.3 Å². The van der Waals surface area contributed by atoms with Crippen molar-refractivity contribution < 1.29 is 13.9 Å². The number of ether oxygens (including phenoxy) is 1. The van der Waals surface area contributed by atoms with Crippen molar-refractivity contribution in [3.05, 3.63) is 82.2 Å². The van der Waals surface area contributed by atoms with E-state index < -0.39 is 5.82 Å². The summed E-state index contributed by atoms with van der Waals surface area (Å²) in [4.78, 5) is 29.8. The maximum absolute atomic E-state index is 14.2. The number of aromatic amines is 1. The summed E-state index contributed by atoms with van der Waals surface area (Å²) in [6, 6.07) is 10.7. The van der Waals surface area contributed by atoms with Crippen LogP contribution in [0.5, 0.6) is 5.75 Å². The molecule has 0 aliphatic heterocycles. The van der Waals surface area contributed by atoms with Crippen LogP contribution in [0.4, 0.5) is 4.39 Å². The molecule has 1 amide bonds. The summed E-state index contributed by atoms with van der Waals surface area (Å²) in [6.07, 6.45) is 2.84. The summed E-state index contributed by atoms with van der Waals surface area (Å²) < 4.78 is 19.4. The van der Waals surface area contributed by atoms with Crippen LogP contribution in [0.25, 0.3) is 11.3 Å². The molecule has 3 rings (SSSR count). The van der Waals surface area contributed by atoms with Crippen LogP contribution in [0.15, 0.2) is 59.7 Å². The van der Waals surface area contributed by atoms with E-state index in [1.165, 1.54) is 43.8 Å². The molecule has 0 fully saturated rings. The molecule has 0 radical (unpaired) electrons. The molecule has 1 aromatic carbocycles. The molecule has 2 N–H and O–H groups in total. The summed E-state index contributed by atoms with van der Waals surface area (Å²) in [5, 5.41) is 2.75. The summed E-state index contributed by atoms with van der Waals surface area (Å²) in [6.45, 7) is 0.160. The first-order chi connectivity index (χ1) is 12.6. The second-order valence-electron chi connectivity index (χ2n) is 5.48. The fourth-order valence-electron chi connectivity index (χ4n) is 2.47. The van der Waals surface area contributed by atoms with Crippen molar-refractivity contribution in [2.24, 2.45) is 0 Å². The third-order valence-electron chi connectivity index (χ3n) is 3.82. The van der Waals surface area contributed by atoms with E-state index >= 15 is 0 Å². The maximum atomic E-state index is 14.2. The van der Waals surface area contributed by atoms with E-state index in [0.29, 0.717) is 22.4 Å². The van der Waals surface area contributed by atoms with Crippen molar-refractivity contribution in [2.75, 3.05) is 7.11 Å². The molecule has 7 heteroatoms. The highest BCUT2D eigenvalue weighted by atomic mass is 19.1. The normalized spacial score (nSPS) is 10.4. The molecule has 0 bridgehead atoms. The number of amides is 1. The van der Waals surface area contributed by atoms with Gasteiger partial charge in [-0.05, 0) is 35.9 Å². The number of carbonyl (C=O) groups excluding carboxylic acids is 1. The first-order valence-corrected chi connectivity index (χ1v) is 7.83. The molecule has 6 nitrogen and oxygen atoms in total. The molecule has 0 spiro atoms. The predicted molar refractivity (Wildman–Crippen MR) is 94.4 cm³/mol. The summed E-state index contributed by atoms with van der Waals surface area (Å²) >= 11 is 0. The monoisotopic (exact) mass is 353 g/mol. The van der Waals surface area contributed by atoms with Crippen LogP contribution in [0.1, 0.15) is 15.9 Å². The number of halogens is 1. The van der Waals surface area contributed by atoms with Gasteiger partial charge in [0.05, 0.1) is 12.7 Å². The van der Waals surface area contributed by atoms with Crippen LogP contribution in [-0.2, 0) is 6.54 Å². The summed E-state index contributed by atoms with van der Waals surface area (Å²) in [7, 11) is 1.52. The van der Waals surface area contributed by atoms with Crippen molar-refractivity contribution in [2.45, 2.75) is 6.54 Å². The molecule has 2 aromatic heterocycles. The quantitative estimate of drug-likeness (QED) is 0.738. The molecular formula is C19H16FN3O3. The molecule has 132 valence electrons. The van der Waals surface area contributed by atoms with Gasteiger partial charge < -0.3 is 15.0 Å². The minimum atomic E-state index is -0.464. The lowest BCUT2D eigenvalue weighted by Crippen LogP contribution is -2.24. The average Bonchev–Trinajstić information content (AvgIpc) is 2.67. The molecule has 0 saturated heterocycles. The molecule has 2 heterocycles. The van der Waals surface area contributed by atoms with Gasteiger partial charge in [-0.25, -0.2) is 4.39 Å². The Kier molecular flexibility index (Phi) is 5.07. The summed E-state index contributed by atoms with van der Waals surface area (Å²) in [5.41, 5.74) is 1.43. The molecule has 26 heavy (non-hydrogen) atoms. The Labute approximate surface area is 148 Å². The van der Waals surface area contributed by atoms with Crippen molar-refractivity contribution in [1.29, 1.82) is 0 Å². The van der Waals surface area contributed by atoms with Crippen molar-refractivity contribution in [3.63, 3.8) is 0 Å². The fraction of sp³-hybridized carbons (Fsp3) is 0.105. The van der Waals surface area contributed by atoms with Crippen LogP contribution < -0.4 is 15.6 Å². The van der Waals surface area contributed by atoms with Gasteiger partial charge in [-0.15, -0.1) is 0 Å². The van der Waals surface area contributed by atoms with E-state index in [1.807, 2.05) is 0 Å². The van der Waals surface area contributed by atoms with Gasteiger partial charge in [0.1, 0.15) is 17.3 Å². The second-order valence-corrected chi connectivity index (χ2v) is 5.48. The molecular weight excluding hydrogens is 337 g/mol. The number of nitrogens with zero attached hydrogens (tertiary/aromatic N) is 1. The van der Waals surface area contributed by atoms with E-state index in [4.69, 9.17) is 4.74 Å². The average molecular weight is 353 g/mol. The lowest BCUT2D eigenvalue weighted by molar-refractivity contribution is 0.0950. The Balaban J connectivity index is 1.88. The highest BCUT2D eigenvalue weighted by molar-refractivity contribution is 5.93. The zero-order valence-electron chi connectivity index (χ0n) is 14.0. The van der Waals surface area contributed by atoms with E-state index in [0.717, 1.165) is 0 Å². The molecule has 0 unspecified atom stereocenters. The van der Waals surface area contributed by atoms with Gasteiger partial charge in [0.25, 0.3) is 5.91 Å². The Hall–Kier alpha value is -3.48. The van der Waals surface area contributed by atoms with Gasteiger partial charge in [-0.2, -0.15) is 0 Å². The highest BCUT2D eigenvalue weighted by Crippen LogP contribution is 2.28. The van der Waals surface area contributed by atoms with Crippen LogP contribution in [0.3, 0.4) is 0 Å². The van der Waals surface area contributed by atoms with E-state index in [9.17, 15) is 14.0 Å². The number of methoxy groups -OCH3 is 1. The number of nitrogens with one attached hydrogen (secondary N) is 2. The summed E-state index contributed by atoms with van der Waals surface area (Å²) in [5.74, 6) is -0.265. The smallest absolute Gasteiger partial charge is 0.253 e. The number of H-pyrrole nitrogens is 1. The van der Waals surface area contributed by atoms with Crippen LogP contribution in [0.2, 0.25) is 0 Å². The second kappa shape index (κ2) is 7.60. The molecule has 0 saturated carbocycles. The van der Waals surface area contributed by atoms with Gasteiger partial charge in [0.15, 0.2) is 0 Å². The number of aromatic nitrogens is 2. The minimum absolute atomic E-state index is 0.160. The van der Waals surface area contributed by atoms with Gasteiger partial charge in [0, 0.05) is 30.6 Å². The van der Waals surface area contributed by atoms with Crippen molar-refractivity contribution in [3.8, 4) is 17.0 Å². The van der Waals surface area contributed by atoms with Crippen LogP contribution in [0, 0.1) is 5.82 Å². The Morgan fingerprint density at radius 1 is 1.27 bits per heavy atom. The third-order valence-corrected chi connectivity index (χ3v) is 3.82. The molecule has 3 aromatic rings. The lowest BCUT2D eigenvalue weighted by atomic mass is 10.0. The Morgan fingerprint density at radius 2 is 2.12 bits per heavy atom. The minimum Gasteiger partial charge on any atom is -0.497 e. The zero-order valence-corrected chi connectivity index (χ0v) is 14.0. The Bertz CT molecular complexity index is 981. The van der Waals surface area contributed by atoms with Gasteiger partial charge in [-0.3, -0.25) is 14.6 Å². The standard InChI is InChI=1S/C19H16FN3O3/c1-26-14-6-4-12(15(9-14)18-16(20)3-2-8-21-18)10-23-19(25)13-5-7-17(24)22-11-13/h2-9,11H,10H2,1H3,(H,22,24)(H,23,25). The third kappa shape index (κ3) is 3.77.